The van der Waals surface area contributed by atoms with Crippen molar-refractivity contribution >= 4 is 5.84 Å². The second-order valence-corrected chi connectivity index (χ2v) is 10.9. The van der Waals surface area contributed by atoms with Gasteiger partial charge in [-0.1, -0.05) is 18.2 Å². The standard InChI is InChI=1S/C28H30FN5O2/c1-18-12-33(17-30-18)23-8-5-20(9-25(23)35-2)22-10-28(22)13-27(15-36-16-27)14-34-24(11-31-32-26(28)34)19-3-6-21(29)7-4-19/h3-9,12,17,22,24,31H,10-11,13-16H2,1-2H3. The van der Waals surface area contributed by atoms with Crippen LogP contribution in [0.25, 0.3) is 5.69 Å². The Balaban J connectivity index is 1.24. The Morgan fingerprint density at radius 3 is 2.64 bits per heavy atom. The summed E-state index contributed by atoms with van der Waals surface area (Å²) in [6.45, 7) is 5.19. The molecule has 2 saturated heterocycles. The van der Waals surface area contributed by atoms with E-state index in [1.165, 1.54) is 5.56 Å². The molecule has 0 bridgehead atoms. The lowest BCUT2D eigenvalue weighted by molar-refractivity contribution is -0.143. The van der Waals surface area contributed by atoms with Crippen molar-refractivity contribution in [1.82, 2.24) is 19.9 Å². The van der Waals surface area contributed by atoms with E-state index in [0.29, 0.717) is 12.5 Å². The second kappa shape index (κ2) is 7.80. The summed E-state index contributed by atoms with van der Waals surface area (Å²) in [5.41, 5.74) is 7.77. The van der Waals surface area contributed by atoms with Gasteiger partial charge in [0.2, 0.25) is 0 Å². The molecule has 8 heteroatoms. The van der Waals surface area contributed by atoms with Crippen molar-refractivity contribution in [3.8, 4) is 11.4 Å². The first-order valence-corrected chi connectivity index (χ1v) is 12.6. The number of imidazole rings is 1. The molecule has 4 aliphatic rings. The molecule has 1 aromatic heterocycles. The van der Waals surface area contributed by atoms with E-state index >= 15 is 0 Å². The third-order valence-electron chi connectivity index (χ3n) is 8.50. The maximum absolute atomic E-state index is 13.7. The van der Waals surface area contributed by atoms with Crippen LogP contribution in [-0.2, 0) is 4.74 Å². The van der Waals surface area contributed by atoms with E-state index in [9.17, 15) is 4.39 Å². The lowest BCUT2D eigenvalue weighted by Gasteiger charge is -2.55. The van der Waals surface area contributed by atoms with Crippen LogP contribution in [0.4, 0.5) is 4.39 Å². The minimum absolute atomic E-state index is 0.0359. The van der Waals surface area contributed by atoms with Gasteiger partial charge in [0.25, 0.3) is 0 Å². The van der Waals surface area contributed by atoms with E-state index in [2.05, 4.69) is 33.5 Å². The van der Waals surface area contributed by atoms with E-state index in [4.69, 9.17) is 14.6 Å². The first kappa shape index (κ1) is 21.9. The van der Waals surface area contributed by atoms with Gasteiger partial charge in [-0.3, -0.25) is 0 Å². The predicted molar refractivity (Wildman–Crippen MR) is 134 cm³/mol. The molecule has 186 valence electrons. The fourth-order valence-electron chi connectivity index (χ4n) is 6.71. The van der Waals surface area contributed by atoms with Crippen molar-refractivity contribution in [1.29, 1.82) is 0 Å². The second-order valence-electron chi connectivity index (χ2n) is 10.9. The Hall–Kier alpha value is -3.39. The van der Waals surface area contributed by atoms with E-state index in [1.807, 2.05) is 36.1 Å². The van der Waals surface area contributed by atoms with Crippen LogP contribution in [0.2, 0.25) is 0 Å². The predicted octanol–water partition coefficient (Wildman–Crippen LogP) is 4.18. The summed E-state index contributed by atoms with van der Waals surface area (Å²) in [6, 6.07) is 13.6. The summed E-state index contributed by atoms with van der Waals surface area (Å²) < 4.78 is 27.2. The largest absolute Gasteiger partial charge is 0.495 e. The number of piperidine rings is 1. The summed E-state index contributed by atoms with van der Waals surface area (Å²) in [6.07, 6.45) is 5.95. The van der Waals surface area contributed by atoms with Gasteiger partial charge in [0, 0.05) is 23.6 Å². The Morgan fingerprint density at radius 2 is 1.94 bits per heavy atom. The fraction of sp³-hybridized carbons (Fsp3) is 0.429. The third-order valence-corrected chi connectivity index (χ3v) is 8.50. The number of rotatable bonds is 4. The van der Waals surface area contributed by atoms with Gasteiger partial charge in [-0.15, -0.1) is 0 Å². The average molecular weight is 488 g/mol. The zero-order valence-corrected chi connectivity index (χ0v) is 20.6. The molecule has 4 heterocycles. The zero-order valence-electron chi connectivity index (χ0n) is 20.6. The van der Waals surface area contributed by atoms with Crippen molar-refractivity contribution in [2.24, 2.45) is 15.9 Å². The van der Waals surface area contributed by atoms with Crippen molar-refractivity contribution in [2.75, 3.05) is 33.4 Å². The van der Waals surface area contributed by atoms with Gasteiger partial charge >= 0.3 is 0 Å². The van der Waals surface area contributed by atoms with Crippen LogP contribution >= 0.6 is 0 Å². The number of amidine groups is 1. The molecule has 3 aliphatic heterocycles. The van der Waals surface area contributed by atoms with Crippen LogP contribution in [0.5, 0.6) is 5.75 Å². The first-order valence-electron chi connectivity index (χ1n) is 12.6. The number of halogens is 1. The smallest absolute Gasteiger partial charge is 0.143 e. The number of methoxy groups -OCH3 is 1. The minimum atomic E-state index is -0.208. The molecular weight excluding hydrogens is 457 g/mol. The Kier molecular flexibility index (Phi) is 4.74. The molecule has 2 spiro atoms. The molecule has 0 radical (unpaired) electrons. The highest BCUT2D eigenvalue weighted by Crippen LogP contribution is 2.69. The van der Waals surface area contributed by atoms with Crippen LogP contribution in [0, 0.1) is 23.6 Å². The van der Waals surface area contributed by atoms with Crippen LogP contribution in [0.3, 0.4) is 0 Å². The number of hydrogen-bond acceptors (Lipinski definition) is 6. The quantitative estimate of drug-likeness (QED) is 0.598. The topological polar surface area (TPSA) is 63.9 Å². The SMILES string of the molecule is COc1cc(C2CC23CC2(COC2)CN2C3=NNCC2c2ccc(F)cc2)ccc1-n1cnc(C)c1. The van der Waals surface area contributed by atoms with E-state index in [-0.39, 0.29) is 22.7 Å². The number of aromatic nitrogens is 2. The molecule has 36 heavy (non-hydrogen) atoms. The normalized spacial score (nSPS) is 27.8. The molecular formula is C28H30FN5O2. The number of hydrazone groups is 1. The molecule has 1 aliphatic carbocycles. The average Bonchev–Trinajstić information content (AvgIpc) is 3.42. The zero-order chi connectivity index (χ0) is 24.5. The minimum Gasteiger partial charge on any atom is -0.495 e. The number of nitrogens with zero attached hydrogens (tertiary/aromatic N) is 4. The molecule has 0 amide bonds. The maximum atomic E-state index is 13.7. The van der Waals surface area contributed by atoms with Gasteiger partial charge < -0.3 is 24.4 Å². The monoisotopic (exact) mass is 487 g/mol. The van der Waals surface area contributed by atoms with Crippen molar-refractivity contribution in [3.05, 3.63) is 77.6 Å². The van der Waals surface area contributed by atoms with Crippen molar-refractivity contribution < 1.29 is 13.9 Å². The van der Waals surface area contributed by atoms with Gasteiger partial charge in [0.1, 0.15) is 17.4 Å². The van der Waals surface area contributed by atoms with Gasteiger partial charge in [-0.25, -0.2) is 9.37 Å². The molecule has 3 atom stereocenters. The van der Waals surface area contributed by atoms with Crippen LogP contribution in [0.15, 0.2) is 60.1 Å². The summed E-state index contributed by atoms with van der Waals surface area (Å²) >= 11 is 0. The number of hydrogen-bond donors (Lipinski definition) is 1. The first-order chi connectivity index (χ1) is 17.5. The lowest BCUT2D eigenvalue weighted by Crippen LogP contribution is -2.63. The summed E-state index contributed by atoms with van der Waals surface area (Å²) in [5, 5.41) is 4.90. The van der Waals surface area contributed by atoms with Crippen molar-refractivity contribution in [3.63, 3.8) is 0 Å². The molecule has 3 unspecified atom stereocenters. The summed E-state index contributed by atoms with van der Waals surface area (Å²) in [4.78, 5) is 6.85. The number of aryl methyl sites for hydroxylation is 1. The van der Waals surface area contributed by atoms with Gasteiger partial charge in [-0.2, -0.15) is 5.10 Å². The lowest BCUT2D eigenvalue weighted by atomic mass is 9.69. The van der Waals surface area contributed by atoms with E-state index in [0.717, 1.165) is 61.1 Å². The van der Waals surface area contributed by atoms with Crippen LogP contribution < -0.4 is 10.2 Å². The molecule has 1 N–H and O–H groups in total. The molecule has 2 aromatic carbocycles. The van der Waals surface area contributed by atoms with Crippen LogP contribution in [0.1, 0.15) is 41.6 Å². The Morgan fingerprint density at radius 1 is 1.14 bits per heavy atom. The molecule has 3 aromatic rings. The highest BCUT2D eigenvalue weighted by atomic mass is 19.1. The summed E-state index contributed by atoms with van der Waals surface area (Å²) in [7, 11) is 1.72. The fourth-order valence-corrected chi connectivity index (χ4v) is 6.71. The summed E-state index contributed by atoms with van der Waals surface area (Å²) in [5.74, 6) is 2.13. The molecule has 3 fully saturated rings. The molecule has 7 nitrogen and oxygen atoms in total. The van der Waals surface area contributed by atoms with Crippen LogP contribution in [-0.4, -0.2) is 53.7 Å². The van der Waals surface area contributed by atoms with Gasteiger partial charge in [-0.05, 0) is 61.1 Å². The highest BCUT2D eigenvalue weighted by Gasteiger charge is 2.68. The number of ether oxygens (including phenoxy) is 2. The maximum Gasteiger partial charge on any atom is 0.143 e. The number of nitrogens with one attached hydrogen (secondary N) is 1. The van der Waals surface area contributed by atoms with E-state index < -0.39 is 0 Å². The molecule has 7 rings (SSSR count). The third kappa shape index (κ3) is 3.27. The number of fused-ring (bicyclic) bond motifs is 2. The van der Waals surface area contributed by atoms with Crippen molar-refractivity contribution in [2.45, 2.75) is 31.7 Å². The molecule has 1 saturated carbocycles. The Labute approximate surface area is 209 Å². The highest BCUT2D eigenvalue weighted by molar-refractivity contribution is 5.94. The Bertz CT molecular complexity index is 1350. The van der Waals surface area contributed by atoms with Gasteiger partial charge in [0.15, 0.2) is 0 Å². The number of benzene rings is 2. The van der Waals surface area contributed by atoms with Gasteiger partial charge in [0.05, 0.1) is 50.6 Å². The van der Waals surface area contributed by atoms with E-state index in [1.54, 1.807) is 19.2 Å².